The number of amides is 1. The van der Waals surface area contributed by atoms with Crippen LogP contribution in [0.2, 0.25) is 5.02 Å². The second kappa shape index (κ2) is 9.08. The van der Waals surface area contributed by atoms with E-state index in [1.54, 1.807) is 37.4 Å². The molecule has 0 aliphatic heterocycles. The van der Waals surface area contributed by atoms with E-state index in [0.29, 0.717) is 42.1 Å². The van der Waals surface area contributed by atoms with Crippen molar-refractivity contribution in [3.8, 4) is 5.75 Å². The van der Waals surface area contributed by atoms with Gasteiger partial charge >= 0.3 is 0 Å². The van der Waals surface area contributed by atoms with Crippen molar-refractivity contribution in [1.82, 2.24) is 5.32 Å². The first-order valence-electron chi connectivity index (χ1n) is 7.77. The maximum absolute atomic E-state index is 12.1. The van der Waals surface area contributed by atoms with E-state index in [1.807, 2.05) is 18.2 Å². The summed E-state index contributed by atoms with van der Waals surface area (Å²) < 4.78 is 5.06. The van der Waals surface area contributed by atoms with Gasteiger partial charge in [0.2, 0.25) is 5.91 Å². The monoisotopic (exact) mass is 345 g/mol. The van der Waals surface area contributed by atoms with Gasteiger partial charge in [0.1, 0.15) is 5.75 Å². The highest BCUT2D eigenvalue weighted by Crippen LogP contribution is 2.15. The lowest BCUT2D eigenvalue weighted by molar-refractivity contribution is -0.121. The Labute approximate surface area is 146 Å². The van der Waals surface area contributed by atoms with Crippen LogP contribution in [0.1, 0.15) is 35.2 Å². The fraction of sp³-hybridized carbons (Fsp3) is 0.263. The summed E-state index contributed by atoms with van der Waals surface area (Å²) in [6, 6.07) is 14.4. The molecule has 1 N–H and O–H groups in total. The number of halogens is 1. The number of rotatable bonds is 8. The molecule has 0 saturated heterocycles. The van der Waals surface area contributed by atoms with Gasteiger partial charge in [0.25, 0.3) is 0 Å². The van der Waals surface area contributed by atoms with E-state index in [2.05, 4.69) is 5.32 Å². The predicted octanol–water partition coefficient (Wildman–Crippen LogP) is 4.02. The molecule has 2 rings (SSSR count). The number of hydrogen-bond donors (Lipinski definition) is 1. The zero-order valence-electron chi connectivity index (χ0n) is 13.5. The molecular formula is C19H20ClNO3. The fourth-order valence-corrected chi connectivity index (χ4v) is 2.46. The maximum atomic E-state index is 12.1. The molecule has 2 aromatic rings. The van der Waals surface area contributed by atoms with Crippen molar-refractivity contribution < 1.29 is 14.3 Å². The first-order chi connectivity index (χ1) is 11.6. The molecule has 0 aromatic heterocycles. The molecule has 0 radical (unpaired) electrons. The highest BCUT2D eigenvalue weighted by Gasteiger charge is 2.08. The summed E-state index contributed by atoms with van der Waals surface area (Å²) in [6.07, 6.45) is 1.16. The van der Waals surface area contributed by atoms with Gasteiger partial charge in [0.05, 0.1) is 7.11 Å². The summed E-state index contributed by atoms with van der Waals surface area (Å²) in [5.74, 6) is 0.652. The molecule has 1 amide bonds. The van der Waals surface area contributed by atoms with Crippen LogP contribution in [0.25, 0.3) is 0 Å². The van der Waals surface area contributed by atoms with E-state index in [0.717, 1.165) is 5.56 Å². The van der Waals surface area contributed by atoms with Crippen LogP contribution in [-0.2, 0) is 11.3 Å². The van der Waals surface area contributed by atoms with Crippen LogP contribution in [0.5, 0.6) is 5.75 Å². The normalized spacial score (nSPS) is 10.2. The Hall–Kier alpha value is -2.33. The molecule has 0 unspecified atom stereocenters. The number of carbonyl (C=O) groups is 2. The van der Waals surface area contributed by atoms with Gasteiger partial charge in [-0.05, 0) is 42.3 Å². The minimum atomic E-state index is -0.0857. The minimum Gasteiger partial charge on any atom is -0.497 e. The van der Waals surface area contributed by atoms with Gasteiger partial charge in [0.15, 0.2) is 5.78 Å². The summed E-state index contributed by atoms with van der Waals surface area (Å²) in [5.41, 5.74) is 1.51. The number of nitrogens with one attached hydrogen (secondary N) is 1. The number of ketones is 1. The Kier molecular flexibility index (Phi) is 6.82. The molecule has 0 saturated carbocycles. The number of Topliss-reactive ketones (excluding diaryl/α,β-unsaturated/α-hetero) is 1. The van der Waals surface area contributed by atoms with Gasteiger partial charge in [-0.25, -0.2) is 0 Å². The van der Waals surface area contributed by atoms with Crippen molar-refractivity contribution in [3.63, 3.8) is 0 Å². The van der Waals surface area contributed by atoms with Gasteiger partial charge in [-0.15, -0.1) is 0 Å². The van der Waals surface area contributed by atoms with Crippen molar-refractivity contribution in [2.75, 3.05) is 7.11 Å². The lowest BCUT2D eigenvalue weighted by atomic mass is 10.1. The summed E-state index contributed by atoms with van der Waals surface area (Å²) >= 11 is 6.04. The number of benzene rings is 2. The van der Waals surface area contributed by atoms with Gasteiger partial charge in [0, 0.05) is 30.0 Å². The first-order valence-corrected chi connectivity index (χ1v) is 8.15. The number of methoxy groups -OCH3 is 1. The van der Waals surface area contributed by atoms with Crippen molar-refractivity contribution in [2.45, 2.75) is 25.8 Å². The molecule has 2 aromatic carbocycles. The molecule has 0 aliphatic rings. The highest BCUT2D eigenvalue weighted by atomic mass is 35.5. The number of ether oxygens (including phenoxy) is 1. The molecule has 0 fully saturated rings. The lowest BCUT2D eigenvalue weighted by Gasteiger charge is -2.07. The van der Waals surface area contributed by atoms with Crippen LogP contribution in [-0.4, -0.2) is 18.8 Å². The quantitative estimate of drug-likeness (QED) is 0.735. The Morgan fingerprint density at radius 3 is 2.42 bits per heavy atom. The predicted molar refractivity (Wildman–Crippen MR) is 94.5 cm³/mol. The van der Waals surface area contributed by atoms with Crippen molar-refractivity contribution in [1.29, 1.82) is 0 Å². The highest BCUT2D eigenvalue weighted by molar-refractivity contribution is 6.31. The molecule has 126 valence electrons. The second-order valence-corrected chi connectivity index (χ2v) is 5.78. The van der Waals surface area contributed by atoms with E-state index in [9.17, 15) is 9.59 Å². The third kappa shape index (κ3) is 5.39. The van der Waals surface area contributed by atoms with Crippen LogP contribution in [0, 0.1) is 0 Å². The van der Waals surface area contributed by atoms with Crippen molar-refractivity contribution in [2.24, 2.45) is 0 Å². The topological polar surface area (TPSA) is 55.4 Å². The SMILES string of the molecule is COc1ccc(C(=O)CCCC(=O)NCc2ccccc2Cl)cc1. The number of carbonyl (C=O) groups excluding carboxylic acids is 2. The van der Waals surface area contributed by atoms with E-state index in [1.165, 1.54) is 0 Å². The summed E-state index contributed by atoms with van der Waals surface area (Å²) in [6.45, 7) is 0.394. The lowest BCUT2D eigenvalue weighted by Crippen LogP contribution is -2.22. The third-order valence-electron chi connectivity index (χ3n) is 3.65. The average Bonchev–Trinajstić information content (AvgIpc) is 2.61. The van der Waals surface area contributed by atoms with E-state index >= 15 is 0 Å². The molecule has 24 heavy (non-hydrogen) atoms. The summed E-state index contributed by atoms with van der Waals surface area (Å²) in [7, 11) is 1.58. The zero-order chi connectivity index (χ0) is 17.4. The van der Waals surface area contributed by atoms with Crippen molar-refractivity contribution in [3.05, 3.63) is 64.7 Å². The summed E-state index contributed by atoms with van der Waals surface area (Å²) in [4.78, 5) is 23.9. The van der Waals surface area contributed by atoms with Gasteiger partial charge in [-0.1, -0.05) is 29.8 Å². The van der Waals surface area contributed by atoms with E-state index in [4.69, 9.17) is 16.3 Å². The Bertz CT molecular complexity index is 698. The van der Waals surface area contributed by atoms with Gasteiger partial charge in [-0.2, -0.15) is 0 Å². The van der Waals surface area contributed by atoms with Crippen LogP contribution >= 0.6 is 11.6 Å². The molecule has 5 heteroatoms. The van der Waals surface area contributed by atoms with Gasteiger partial charge in [-0.3, -0.25) is 9.59 Å². The molecular weight excluding hydrogens is 326 g/mol. The van der Waals surface area contributed by atoms with Crippen LogP contribution in [0.15, 0.2) is 48.5 Å². The largest absolute Gasteiger partial charge is 0.497 e. The van der Waals surface area contributed by atoms with Crippen LogP contribution in [0.4, 0.5) is 0 Å². The molecule has 0 heterocycles. The second-order valence-electron chi connectivity index (χ2n) is 5.37. The zero-order valence-corrected chi connectivity index (χ0v) is 14.3. The standard InChI is InChI=1S/C19H20ClNO3/c1-24-16-11-9-14(10-12-16)18(22)7-4-8-19(23)21-13-15-5-2-3-6-17(15)20/h2-3,5-6,9-12H,4,7-8,13H2,1H3,(H,21,23). The Morgan fingerprint density at radius 2 is 1.75 bits per heavy atom. The molecule has 4 nitrogen and oxygen atoms in total. The Balaban J connectivity index is 1.72. The molecule has 0 aliphatic carbocycles. The number of hydrogen-bond acceptors (Lipinski definition) is 3. The summed E-state index contributed by atoms with van der Waals surface area (Å²) in [5, 5.41) is 3.45. The Morgan fingerprint density at radius 1 is 1.04 bits per heavy atom. The minimum absolute atomic E-state index is 0.0246. The van der Waals surface area contributed by atoms with Gasteiger partial charge < -0.3 is 10.1 Å². The van der Waals surface area contributed by atoms with Crippen LogP contribution < -0.4 is 10.1 Å². The molecule has 0 atom stereocenters. The average molecular weight is 346 g/mol. The molecule has 0 bridgehead atoms. The van der Waals surface area contributed by atoms with Crippen molar-refractivity contribution >= 4 is 23.3 Å². The molecule has 0 spiro atoms. The van der Waals surface area contributed by atoms with Crippen LogP contribution in [0.3, 0.4) is 0 Å². The third-order valence-corrected chi connectivity index (χ3v) is 4.02. The maximum Gasteiger partial charge on any atom is 0.220 e. The fourth-order valence-electron chi connectivity index (χ4n) is 2.25. The first kappa shape index (κ1) is 18.0. The van der Waals surface area contributed by atoms with E-state index in [-0.39, 0.29) is 11.7 Å². The van der Waals surface area contributed by atoms with E-state index < -0.39 is 0 Å². The smallest absolute Gasteiger partial charge is 0.220 e.